The van der Waals surface area contributed by atoms with Crippen LogP contribution in [0.4, 0.5) is 29.3 Å². The van der Waals surface area contributed by atoms with E-state index in [1.807, 2.05) is 0 Å². The summed E-state index contributed by atoms with van der Waals surface area (Å²) < 4.78 is 47.6. The van der Waals surface area contributed by atoms with Gasteiger partial charge in [0.05, 0.1) is 17.1 Å². The van der Waals surface area contributed by atoms with Crippen molar-refractivity contribution in [3.63, 3.8) is 0 Å². The summed E-state index contributed by atoms with van der Waals surface area (Å²) in [6, 6.07) is 7.79. The van der Waals surface area contributed by atoms with Crippen molar-refractivity contribution in [3.8, 4) is 0 Å². The minimum absolute atomic E-state index is 0.0492. The van der Waals surface area contributed by atoms with E-state index in [1.165, 1.54) is 23.1 Å². The second-order valence-electron chi connectivity index (χ2n) is 9.15. The molecule has 9 heteroatoms. The largest absolute Gasteiger partial charge is 0.443 e. The normalized spacial score (nSPS) is 21.5. The van der Waals surface area contributed by atoms with Crippen LogP contribution in [0.3, 0.4) is 0 Å². The van der Waals surface area contributed by atoms with Gasteiger partial charge in [0.15, 0.2) is 5.41 Å². The first-order valence-corrected chi connectivity index (χ1v) is 10.4. The molecule has 1 unspecified atom stereocenters. The van der Waals surface area contributed by atoms with E-state index in [2.05, 4.69) is 10.3 Å². The molecule has 6 nitrogen and oxygen atoms in total. The molecule has 1 aromatic heterocycles. The lowest BCUT2D eigenvalue weighted by Gasteiger charge is -2.31. The molecule has 1 aromatic carbocycles. The molecule has 2 amide bonds. The maximum atomic E-state index is 14.5. The van der Waals surface area contributed by atoms with E-state index in [-0.39, 0.29) is 11.4 Å². The Balaban J connectivity index is 1.63. The number of pyridine rings is 1. The van der Waals surface area contributed by atoms with Gasteiger partial charge < -0.3 is 10.1 Å². The van der Waals surface area contributed by atoms with Crippen LogP contribution in [0.25, 0.3) is 0 Å². The zero-order valence-corrected chi connectivity index (χ0v) is 18.0. The third-order valence-corrected chi connectivity index (χ3v) is 5.56. The van der Waals surface area contributed by atoms with Crippen LogP contribution in [0.1, 0.15) is 45.0 Å². The van der Waals surface area contributed by atoms with Crippen LogP contribution in [0, 0.1) is 5.82 Å². The maximum Gasteiger partial charge on any atom is 0.414 e. The van der Waals surface area contributed by atoms with Crippen molar-refractivity contribution in [1.29, 1.82) is 0 Å². The van der Waals surface area contributed by atoms with Gasteiger partial charge in [-0.3, -0.25) is 14.7 Å². The monoisotopic (exact) mass is 447 g/mol. The van der Waals surface area contributed by atoms with Crippen LogP contribution in [0.15, 0.2) is 36.4 Å². The van der Waals surface area contributed by atoms with Crippen LogP contribution in [-0.4, -0.2) is 35.1 Å². The third kappa shape index (κ3) is 3.91. The van der Waals surface area contributed by atoms with Gasteiger partial charge in [0.1, 0.15) is 11.4 Å². The number of carbonyl (C=O) groups excluding carboxylic acids is 2. The number of ether oxygens (including phenoxy) is 1. The minimum Gasteiger partial charge on any atom is -0.443 e. The Morgan fingerprint density at radius 1 is 1.12 bits per heavy atom. The van der Waals surface area contributed by atoms with Crippen LogP contribution < -0.4 is 10.2 Å². The van der Waals surface area contributed by atoms with Crippen molar-refractivity contribution in [2.45, 2.75) is 57.0 Å². The lowest BCUT2D eigenvalue weighted by atomic mass is 9.97. The molecule has 1 aliphatic heterocycles. The van der Waals surface area contributed by atoms with Gasteiger partial charge in [0.25, 0.3) is 5.92 Å². The zero-order valence-electron chi connectivity index (χ0n) is 18.0. The van der Waals surface area contributed by atoms with E-state index in [4.69, 9.17) is 4.74 Å². The summed E-state index contributed by atoms with van der Waals surface area (Å²) in [5.74, 6) is -4.67. The molecular weight excluding hydrogens is 423 g/mol. The predicted octanol–water partition coefficient (Wildman–Crippen LogP) is 4.82. The van der Waals surface area contributed by atoms with E-state index in [0.29, 0.717) is 30.8 Å². The van der Waals surface area contributed by atoms with Crippen molar-refractivity contribution in [1.82, 2.24) is 4.98 Å². The maximum absolute atomic E-state index is 14.5. The molecular formula is C23H24F3N3O3. The highest BCUT2D eigenvalue weighted by molar-refractivity contribution is 6.03. The number of benzene rings is 1. The molecule has 1 aliphatic carbocycles. The molecule has 0 spiro atoms. The number of hydrogen-bond donors (Lipinski definition) is 1. The number of aryl methyl sites for hydroxylation is 1. The molecule has 2 aromatic rings. The Morgan fingerprint density at radius 3 is 2.38 bits per heavy atom. The highest BCUT2D eigenvalue weighted by atomic mass is 19.3. The number of carbonyl (C=O) groups is 2. The van der Waals surface area contributed by atoms with Gasteiger partial charge in [-0.2, -0.15) is 0 Å². The van der Waals surface area contributed by atoms with Crippen LogP contribution >= 0.6 is 0 Å². The SMILES string of the molecule is CC(C)(C)OC(=O)N1CCCc2nc(C3(C(=O)Nc4ccc(F)cc4)CC3(F)F)ccc21. The Morgan fingerprint density at radius 2 is 1.78 bits per heavy atom. The standard InChI is InChI=1S/C23H24F3N3O3/c1-21(2,3)32-20(31)29-12-4-5-16-17(29)10-11-18(28-16)22(13-23(22,25)26)19(30)27-15-8-6-14(24)7-9-15/h6-11H,4-5,12-13H2,1-3H3,(H,27,30). The Hall–Kier alpha value is -3.10. The van der Waals surface area contributed by atoms with Crippen molar-refractivity contribution in [2.75, 3.05) is 16.8 Å². The van der Waals surface area contributed by atoms with Gasteiger partial charge >= 0.3 is 6.09 Å². The van der Waals surface area contributed by atoms with Crippen LogP contribution in [0.5, 0.6) is 0 Å². The Kier molecular flexibility index (Phi) is 5.18. The number of aromatic nitrogens is 1. The molecule has 0 radical (unpaired) electrons. The smallest absolute Gasteiger partial charge is 0.414 e. The van der Waals surface area contributed by atoms with E-state index in [1.54, 1.807) is 26.8 Å². The number of halogens is 3. The summed E-state index contributed by atoms with van der Waals surface area (Å²) in [7, 11) is 0. The number of nitrogens with one attached hydrogen (secondary N) is 1. The average molecular weight is 447 g/mol. The van der Waals surface area contributed by atoms with Gasteiger partial charge in [-0.05, 0) is 70.0 Å². The highest BCUT2D eigenvalue weighted by Crippen LogP contribution is 2.61. The molecule has 2 aliphatic rings. The lowest BCUT2D eigenvalue weighted by Crippen LogP contribution is -2.40. The van der Waals surface area contributed by atoms with E-state index in [9.17, 15) is 22.8 Å². The fraction of sp³-hybridized carbons (Fsp3) is 0.435. The van der Waals surface area contributed by atoms with Gasteiger partial charge in [-0.25, -0.2) is 18.0 Å². The van der Waals surface area contributed by atoms with Crippen molar-refractivity contribution in [3.05, 3.63) is 53.6 Å². The number of fused-ring (bicyclic) bond motifs is 1. The first-order chi connectivity index (χ1) is 14.9. The van der Waals surface area contributed by atoms with Crippen molar-refractivity contribution in [2.24, 2.45) is 0 Å². The average Bonchev–Trinajstić information content (AvgIpc) is 3.31. The minimum atomic E-state index is -3.27. The molecule has 1 N–H and O–H groups in total. The van der Waals surface area contributed by atoms with Crippen LogP contribution in [-0.2, 0) is 21.4 Å². The Bertz CT molecular complexity index is 1070. The lowest BCUT2D eigenvalue weighted by molar-refractivity contribution is -0.121. The fourth-order valence-electron chi connectivity index (χ4n) is 3.89. The topological polar surface area (TPSA) is 71.5 Å². The Labute approximate surface area is 183 Å². The molecule has 1 atom stereocenters. The molecule has 32 heavy (non-hydrogen) atoms. The number of alkyl halides is 2. The predicted molar refractivity (Wildman–Crippen MR) is 112 cm³/mol. The molecule has 4 rings (SSSR count). The summed E-state index contributed by atoms with van der Waals surface area (Å²) >= 11 is 0. The quantitative estimate of drug-likeness (QED) is 0.732. The summed E-state index contributed by atoms with van der Waals surface area (Å²) in [6.07, 6.45) is -0.125. The van der Waals surface area contributed by atoms with Gasteiger partial charge in [-0.15, -0.1) is 0 Å². The summed E-state index contributed by atoms with van der Waals surface area (Å²) in [6.45, 7) is 5.70. The van der Waals surface area contributed by atoms with Gasteiger partial charge in [0, 0.05) is 18.7 Å². The van der Waals surface area contributed by atoms with E-state index < -0.39 is 41.2 Å². The number of rotatable bonds is 3. The van der Waals surface area contributed by atoms with E-state index in [0.717, 1.165) is 12.1 Å². The summed E-state index contributed by atoms with van der Waals surface area (Å²) in [5, 5.41) is 2.45. The molecule has 1 saturated carbocycles. The van der Waals surface area contributed by atoms with Crippen LogP contribution in [0.2, 0.25) is 0 Å². The second-order valence-corrected chi connectivity index (χ2v) is 9.15. The second kappa shape index (κ2) is 7.50. The first-order valence-electron chi connectivity index (χ1n) is 10.4. The number of anilines is 2. The number of nitrogens with zero attached hydrogens (tertiary/aromatic N) is 2. The molecule has 1 fully saturated rings. The number of amides is 2. The molecule has 170 valence electrons. The van der Waals surface area contributed by atoms with Crippen molar-refractivity contribution >= 4 is 23.4 Å². The van der Waals surface area contributed by atoms with E-state index >= 15 is 0 Å². The van der Waals surface area contributed by atoms with Gasteiger partial charge in [-0.1, -0.05) is 0 Å². The fourth-order valence-corrected chi connectivity index (χ4v) is 3.89. The summed E-state index contributed by atoms with van der Waals surface area (Å²) in [4.78, 5) is 31.3. The first kappa shape index (κ1) is 22.1. The molecule has 0 bridgehead atoms. The highest BCUT2D eigenvalue weighted by Gasteiger charge is 2.77. The molecule has 2 heterocycles. The van der Waals surface area contributed by atoms with Crippen molar-refractivity contribution < 1.29 is 27.5 Å². The third-order valence-electron chi connectivity index (χ3n) is 5.56. The summed E-state index contributed by atoms with van der Waals surface area (Å²) in [5.41, 5.74) is -1.66. The number of hydrogen-bond acceptors (Lipinski definition) is 4. The molecule has 0 saturated heterocycles. The van der Waals surface area contributed by atoms with Gasteiger partial charge in [0.2, 0.25) is 5.91 Å². The zero-order chi connectivity index (χ0) is 23.3.